The first-order chi connectivity index (χ1) is 10.6. The molecule has 0 unspecified atom stereocenters. The van der Waals surface area contributed by atoms with Crippen LogP contribution in [0.4, 0.5) is 0 Å². The van der Waals surface area contributed by atoms with Crippen molar-refractivity contribution in [1.82, 2.24) is 0 Å². The summed E-state index contributed by atoms with van der Waals surface area (Å²) in [4.78, 5) is 12.5. The molecule has 4 nitrogen and oxygen atoms in total. The Balaban J connectivity index is 3.02. The summed E-state index contributed by atoms with van der Waals surface area (Å²) in [5.74, 6) is 0.848. The fourth-order valence-electron chi connectivity index (χ4n) is 1.69. The van der Waals surface area contributed by atoms with E-state index in [1.54, 1.807) is 0 Å². The third-order valence-corrected chi connectivity index (χ3v) is 10.5. The highest BCUT2D eigenvalue weighted by molar-refractivity contribution is 6.74. The maximum Gasteiger partial charge on any atom is 0.250 e. The molecular weight excluding hydrogens is 336 g/mol. The van der Waals surface area contributed by atoms with Crippen molar-refractivity contribution in [3.05, 3.63) is 28.3 Å². The zero-order valence-electron chi connectivity index (χ0n) is 17.0. The van der Waals surface area contributed by atoms with Crippen LogP contribution in [0.25, 0.3) is 0 Å². The highest BCUT2D eigenvalue weighted by Crippen LogP contribution is 2.37. The van der Waals surface area contributed by atoms with E-state index in [9.17, 15) is 4.79 Å². The molecule has 0 amide bonds. The van der Waals surface area contributed by atoms with Crippen molar-refractivity contribution in [2.24, 2.45) is 0 Å². The zero-order valence-corrected chi connectivity index (χ0v) is 19.4. The summed E-state index contributed by atoms with van der Waals surface area (Å²) < 4.78 is 17.9. The number of rotatable bonds is 5. The van der Waals surface area contributed by atoms with Gasteiger partial charge in [-0.15, -0.1) is 0 Å². The predicted molar refractivity (Wildman–Crippen MR) is 105 cm³/mol. The molecule has 0 aliphatic carbocycles. The minimum atomic E-state index is -2.06. The van der Waals surface area contributed by atoms with Crippen molar-refractivity contribution in [3.63, 3.8) is 0 Å². The molecule has 0 saturated carbocycles. The normalized spacial score (nSPS) is 14.4. The molecule has 0 bridgehead atoms. The Labute approximate surface area is 150 Å². The third-order valence-electron chi connectivity index (χ3n) is 4.43. The molecule has 0 radical (unpaired) electrons. The molecule has 0 spiro atoms. The topological polar surface area (TPSA) is 48.7 Å². The molecule has 0 aliphatic rings. The molecule has 0 aromatic carbocycles. The van der Waals surface area contributed by atoms with Gasteiger partial charge >= 0.3 is 0 Å². The lowest BCUT2D eigenvalue weighted by atomic mass is 10.1. The lowest BCUT2D eigenvalue weighted by Gasteiger charge is -2.36. The molecule has 6 heteroatoms. The lowest BCUT2D eigenvalue weighted by molar-refractivity contribution is 0.0802. The average molecular weight is 371 g/mol. The van der Waals surface area contributed by atoms with E-state index >= 15 is 0 Å². The smallest absolute Gasteiger partial charge is 0.250 e. The Morgan fingerprint density at radius 1 is 1.04 bits per heavy atom. The first-order valence-corrected chi connectivity index (χ1v) is 12.7. The van der Waals surface area contributed by atoms with E-state index in [0.717, 1.165) is 0 Å². The standard InChI is InChI=1S/C18H34O4Si2/c1-16(2,3)23-22-18(7,8)15-11-13(19)14(12-20-15)21-24(9,10)17(4,5)6/h11-12H,23H2,1-10H3. The summed E-state index contributed by atoms with van der Waals surface area (Å²) >= 11 is 0. The first-order valence-electron chi connectivity index (χ1n) is 8.51. The zero-order chi connectivity index (χ0) is 19.0. The third kappa shape index (κ3) is 5.60. The second-order valence-electron chi connectivity index (χ2n) is 9.69. The van der Waals surface area contributed by atoms with E-state index in [1.165, 1.54) is 12.3 Å². The molecule has 1 aromatic heterocycles. The first kappa shape index (κ1) is 21.2. The van der Waals surface area contributed by atoms with Crippen molar-refractivity contribution in [2.75, 3.05) is 0 Å². The van der Waals surface area contributed by atoms with Gasteiger partial charge in [0.2, 0.25) is 5.43 Å². The summed E-state index contributed by atoms with van der Waals surface area (Å²) in [5.41, 5.74) is -0.746. The highest BCUT2D eigenvalue weighted by Gasteiger charge is 2.39. The van der Waals surface area contributed by atoms with Crippen molar-refractivity contribution in [3.8, 4) is 5.75 Å². The van der Waals surface area contributed by atoms with Gasteiger partial charge < -0.3 is 13.3 Å². The lowest BCUT2D eigenvalue weighted by Crippen LogP contribution is -2.44. The number of hydrogen-bond acceptors (Lipinski definition) is 4. The van der Waals surface area contributed by atoms with E-state index in [1.807, 2.05) is 13.8 Å². The van der Waals surface area contributed by atoms with E-state index in [4.69, 9.17) is 13.3 Å². The van der Waals surface area contributed by atoms with Crippen LogP contribution >= 0.6 is 0 Å². The maximum absolute atomic E-state index is 12.5. The summed E-state index contributed by atoms with van der Waals surface area (Å²) in [6, 6.07) is 1.51. The molecule has 0 aliphatic heterocycles. The molecule has 24 heavy (non-hydrogen) atoms. The Bertz CT molecular complexity index is 619. The highest BCUT2D eigenvalue weighted by atomic mass is 28.4. The van der Waals surface area contributed by atoms with Crippen LogP contribution in [0, 0.1) is 0 Å². The Kier molecular flexibility index (Phi) is 6.01. The predicted octanol–water partition coefficient (Wildman–Crippen LogP) is 4.58. The van der Waals surface area contributed by atoms with Gasteiger partial charge in [-0.05, 0) is 37.0 Å². The van der Waals surface area contributed by atoms with Gasteiger partial charge in [0.1, 0.15) is 17.6 Å². The quantitative estimate of drug-likeness (QED) is 0.712. The SMILES string of the molecule is CC(C)(C)[SiH2]OC(C)(C)c1cc(=O)c(O[Si](C)(C)C(C)(C)C)co1. The molecule has 1 rings (SSSR count). The molecule has 0 atom stereocenters. The van der Waals surface area contributed by atoms with E-state index in [-0.39, 0.29) is 15.5 Å². The van der Waals surface area contributed by atoms with Crippen molar-refractivity contribution >= 4 is 18.1 Å². The van der Waals surface area contributed by atoms with Gasteiger partial charge in [-0.25, -0.2) is 0 Å². The largest absolute Gasteiger partial charge is 0.539 e. The average Bonchev–Trinajstić information content (AvgIpc) is 2.36. The molecule has 1 heterocycles. The van der Waals surface area contributed by atoms with Crippen LogP contribution in [-0.2, 0) is 10.0 Å². The molecule has 0 saturated heterocycles. The fourth-order valence-corrected chi connectivity index (χ4v) is 3.63. The number of hydrogen-bond donors (Lipinski definition) is 0. The minimum absolute atomic E-state index is 0.0266. The van der Waals surface area contributed by atoms with Crippen LogP contribution in [0.1, 0.15) is 61.2 Å². The van der Waals surface area contributed by atoms with Gasteiger partial charge in [0.05, 0.1) is 0 Å². The van der Waals surface area contributed by atoms with Gasteiger partial charge in [-0.1, -0.05) is 41.5 Å². The monoisotopic (exact) mass is 370 g/mol. The van der Waals surface area contributed by atoms with Crippen LogP contribution in [0.5, 0.6) is 5.75 Å². The van der Waals surface area contributed by atoms with Crippen LogP contribution < -0.4 is 9.85 Å². The minimum Gasteiger partial charge on any atom is -0.539 e. The van der Waals surface area contributed by atoms with Crippen LogP contribution in [0.2, 0.25) is 23.2 Å². The molecule has 0 fully saturated rings. The van der Waals surface area contributed by atoms with Crippen molar-refractivity contribution in [1.29, 1.82) is 0 Å². The second kappa shape index (κ2) is 6.80. The van der Waals surface area contributed by atoms with Crippen LogP contribution in [0.15, 0.2) is 21.5 Å². The van der Waals surface area contributed by atoms with E-state index in [0.29, 0.717) is 11.5 Å². The molecule has 0 N–H and O–H groups in total. The van der Waals surface area contributed by atoms with Gasteiger partial charge in [-0.2, -0.15) is 0 Å². The fraction of sp³-hybridized carbons (Fsp3) is 0.722. The molecule has 138 valence electrons. The summed E-state index contributed by atoms with van der Waals surface area (Å²) in [7, 11) is -2.82. The maximum atomic E-state index is 12.5. The van der Waals surface area contributed by atoms with Gasteiger partial charge in [-0.3, -0.25) is 4.79 Å². The second-order valence-corrected chi connectivity index (χ2v) is 17.1. The van der Waals surface area contributed by atoms with E-state index < -0.39 is 23.7 Å². The van der Waals surface area contributed by atoms with Crippen LogP contribution in [0.3, 0.4) is 0 Å². The van der Waals surface area contributed by atoms with Crippen LogP contribution in [-0.4, -0.2) is 18.1 Å². The summed E-state index contributed by atoms with van der Waals surface area (Å²) in [6.45, 7) is 21.0. The van der Waals surface area contributed by atoms with Gasteiger partial charge in [0, 0.05) is 6.07 Å². The van der Waals surface area contributed by atoms with Gasteiger partial charge in [0.25, 0.3) is 8.32 Å². The molecular formula is C18H34O4Si2. The molecule has 1 aromatic rings. The van der Waals surface area contributed by atoms with Crippen molar-refractivity contribution < 1.29 is 13.3 Å². The van der Waals surface area contributed by atoms with Crippen molar-refractivity contribution in [2.45, 2.75) is 84.2 Å². The summed E-state index contributed by atoms with van der Waals surface area (Å²) in [5, 5.41) is 0.210. The van der Waals surface area contributed by atoms with E-state index in [2.05, 4.69) is 54.6 Å². The Morgan fingerprint density at radius 2 is 1.58 bits per heavy atom. The Hall–Kier alpha value is -0.856. The van der Waals surface area contributed by atoms with Gasteiger partial charge in [0.15, 0.2) is 15.5 Å². The summed E-state index contributed by atoms with van der Waals surface area (Å²) in [6.07, 6.45) is 1.45. The Morgan fingerprint density at radius 3 is 2.00 bits per heavy atom.